The number of benzene rings is 1. The van der Waals surface area contributed by atoms with Gasteiger partial charge in [0.25, 0.3) is 0 Å². The quantitative estimate of drug-likeness (QED) is 0.434. The van der Waals surface area contributed by atoms with Crippen molar-refractivity contribution in [3.63, 3.8) is 0 Å². The van der Waals surface area contributed by atoms with E-state index in [1.807, 2.05) is 0 Å². The minimum Gasteiger partial charge on any atom is -0.349 e. The Morgan fingerprint density at radius 2 is 1.74 bits per heavy atom. The Bertz CT molecular complexity index is 1480. The van der Waals surface area contributed by atoms with E-state index in [0.29, 0.717) is 11.5 Å². The Hall–Kier alpha value is -3.59. The van der Waals surface area contributed by atoms with Gasteiger partial charge in [0, 0.05) is 36.8 Å². The Morgan fingerprint density at radius 1 is 1.08 bits per heavy atom. The Morgan fingerprint density at radius 3 is 2.36 bits per heavy atom. The van der Waals surface area contributed by atoms with E-state index in [0.717, 1.165) is 53.8 Å². The van der Waals surface area contributed by atoms with E-state index in [9.17, 15) is 35.2 Å². The fraction of sp³-hybridized carbons (Fsp3) is 0.375. The van der Waals surface area contributed by atoms with Gasteiger partial charge >= 0.3 is 6.18 Å². The average Bonchev–Trinajstić information content (AvgIpc) is 3.67. The summed E-state index contributed by atoms with van der Waals surface area (Å²) in [7, 11) is -4.29. The number of nitrogens with one attached hydrogen (secondary N) is 1. The predicted molar refractivity (Wildman–Crippen MR) is 125 cm³/mol. The lowest BCUT2D eigenvalue weighted by atomic mass is 10.2. The van der Waals surface area contributed by atoms with Crippen molar-refractivity contribution in [3.05, 3.63) is 65.9 Å². The summed E-state index contributed by atoms with van der Waals surface area (Å²) >= 11 is 0. The van der Waals surface area contributed by atoms with Gasteiger partial charge in [0.2, 0.25) is 21.8 Å². The molecule has 2 fully saturated rings. The van der Waals surface area contributed by atoms with Crippen LogP contribution in [0, 0.1) is 5.82 Å². The lowest BCUT2D eigenvalue weighted by Crippen LogP contribution is -2.45. The standard InChI is InChI=1S/C24H21F5N6O3S/c25-15-3-5-18(6-4-15)39(37,38)35-12-16(26)7-20(35)22(36)30-11-17-8-19(34-21(33-17)13-1-2-13)14-9-31-23(32-10-14)24(27,28)29/h3-6,8-10,13,16,20H,1-2,7,11-12H2,(H,30,36)/t16-,20+/m1/s1. The maximum atomic E-state index is 14.3. The molecule has 3 heterocycles. The molecule has 1 aliphatic carbocycles. The van der Waals surface area contributed by atoms with Gasteiger partial charge in [0.15, 0.2) is 0 Å². The Balaban J connectivity index is 1.35. The Labute approximate surface area is 219 Å². The molecule has 1 N–H and O–H groups in total. The maximum Gasteiger partial charge on any atom is 0.451 e. The highest BCUT2D eigenvalue weighted by Gasteiger charge is 2.44. The van der Waals surface area contributed by atoms with Crippen molar-refractivity contribution in [1.82, 2.24) is 29.6 Å². The average molecular weight is 569 g/mol. The smallest absolute Gasteiger partial charge is 0.349 e. The number of hydrogen-bond acceptors (Lipinski definition) is 7. The third-order valence-electron chi connectivity index (χ3n) is 6.31. The van der Waals surface area contributed by atoms with Gasteiger partial charge in [-0.05, 0) is 43.2 Å². The van der Waals surface area contributed by atoms with Gasteiger partial charge in [-0.2, -0.15) is 17.5 Å². The Kier molecular flexibility index (Phi) is 7.05. The molecule has 1 saturated carbocycles. The molecule has 3 aromatic rings. The number of halogens is 5. The molecule has 15 heteroatoms. The number of amides is 1. The zero-order valence-electron chi connectivity index (χ0n) is 20.1. The first-order valence-electron chi connectivity index (χ1n) is 11.9. The van der Waals surface area contributed by atoms with Gasteiger partial charge < -0.3 is 5.32 Å². The van der Waals surface area contributed by atoms with Crippen molar-refractivity contribution in [3.8, 4) is 11.3 Å². The molecule has 0 spiro atoms. The fourth-order valence-electron chi connectivity index (χ4n) is 4.18. The lowest BCUT2D eigenvalue weighted by molar-refractivity contribution is -0.145. The van der Waals surface area contributed by atoms with Gasteiger partial charge in [-0.3, -0.25) is 4.79 Å². The molecule has 0 bridgehead atoms. The number of aromatic nitrogens is 4. The van der Waals surface area contributed by atoms with Gasteiger partial charge in [-0.25, -0.2) is 37.1 Å². The summed E-state index contributed by atoms with van der Waals surface area (Å²) in [6, 6.07) is 4.10. The van der Waals surface area contributed by atoms with E-state index in [-0.39, 0.29) is 35.0 Å². The molecule has 1 amide bonds. The summed E-state index contributed by atoms with van der Waals surface area (Å²) < 4.78 is 92.9. The minimum absolute atomic E-state index is 0.0632. The van der Waals surface area contributed by atoms with Crippen molar-refractivity contribution < 1.29 is 35.2 Å². The van der Waals surface area contributed by atoms with Crippen LogP contribution in [0.4, 0.5) is 22.0 Å². The molecular weight excluding hydrogens is 547 g/mol. The summed E-state index contributed by atoms with van der Waals surface area (Å²) in [4.78, 5) is 28.3. The van der Waals surface area contributed by atoms with Crippen LogP contribution in [0.25, 0.3) is 11.3 Å². The SMILES string of the molecule is O=C(NCc1cc(-c2cnc(C(F)(F)F)nc2)nc(C2CC2)n1)[C@@H]1C[C@@H](F)CN1S(=O)(=O)c1ccc(F)cc1. The number of rotatable bonds is 7. The van der Waals surface area contributed by atoms with E-state index >= 15 is 0 Å². The zero-order valence-corrected chi connectivity index (χ0v) is 20.9. The van der Waals surface area contributed by atoms with Crippen LogP contribution in [-0.4, -0.2) is 57.3 Å². The first-order valence-corrected chi connectivity index (χ1v) is 13.3. The molecule has 1 aromatic carbocycles. The number of hydrogen-bond donors (Lipinski definition) is 1. The molecule has 0 radical (unpaired) electrons. The van der Waals surface area contributed by atoms with Crippen molar-refractivity contribution in [2.45, 2.75) is 55.0 Å². The first kappa shape index (κ1) is 27.0. The van der Waals surface area contributed by atoms with E-state index in [1.165, 1.54) is 6.07 Å². The van der Waals surface area contributed by atoms with Gasteiger partial charge in [-0.15, -0.1) is 0 Å². The van der Waals surface area contributed by atoms with Crippen molar-refractivity contribution in [2.75, 3.05) is 6.54 Å². The van der Waals surface area contributed by atoms with Crippen LogP contribution >= 0.6 is 0 Å². The van der Waals surface area contributed by atoms with Crippen LogP contribution in [0.5, 0.6) is 0 Å². The molecule has 1 saturated heterocycles. The highest BCUT2D eigenvalue weighted by Crippen LogP contribution is 2.39. The van der Waals surface area contributed by atoms with Crippen molar-refractivity contribution in [2.24, 2.45) is 0 Å². The zero-order chi connectivity index (χ0) is 27.9. The van der Waals surface area contributed by atoms with E-state index < -0.39 is 52.5 Å². The molecule has 206 valence electrons. The minimum atomic E-state index is -4.70. The maximum absolute atomic E-state index is 14.3. The van der Waals surface area contributed by atoms with Crippen LogP contribution in [0.3, 0.4) is 0 Å². The highest BCUT2D eigenvalue weighted by atomic mass is 32.2. The number of carbonyl (C=O) groups excluding carboxylic acids is 1. The summed E-state index contributed by atoms with van der Waals surface area (Å²) in [5, 5.41) is 2.58. The molecule has 0 unspecified atom stereocenters. The van der Waals surface area contributed by atoms with Gasteiger partial charge in [0.05, 0.1) is 22.8 Å². The second-order valence-electron chi connectivity index (χ2n) is 9.27. The first-order chi connectivity index (χ1) is 18.4. The lowest BCUT2D eigenvalue weighted by Gasteiger charge is -2.23. The predicted octanol–water partition coefficient (Wildman–Crippen LogP) is 3.39. The second-order valence-corrected chi connectivity index (χ2v) is 11.2. The summed E-state index contributed by atoms with van der Waals surface area (Å²) in [6.45, 7) is -0.706. The molecular formula is C24H21F5N6O3S. The van der Waals surface area contributed by atoms with Crippen LogP contribution in [0.2, 0.25) is 0 Å². The molecule has 2 aromatic heterocycles. The summed E-state index contributed by atoms with van der Waals surface area (Å²) in [5.41, 5.74) is 0.792. The number of sulfonamides is 1. The molecule has 1 aliphatic heterocycles. The molecule has 39 heavy (non-hydrogen) atoms. The molecule has 2 aliphatic rings. The number of nitrogens with zero attached hydrogens (tertiary/aromatic N) is 5. The van der Waals surface area contributed by atoms with Crippen LogP contribution in [0.15, 0.2) is 47.6 Å². The van der Waals surface area contributed by atoms with Gasteiger partial charge in [0.1, 0.15) is 23.9 Å². The fourth-order valence-corrected chi connectivity index (χ4v) is 5.81. The number of carbonyl (C=O) groups is 1. The topological polar surface area (TPSA) is 118 Å². The van der Waals surface area contributed by atoms with Gasteiger partial charge in [-0.1, -0.05) is 0 Å². The molecule has 2 atom stereocenters. The molecule has 5 rings (SSSR count). The third kappa shape index (κ3) is 5.88. The summed E-state index contributed by atoms with van der Waals surface area (Å²) in [6.07, 6.45) is -3.00. The van der Waals surface area contributed by atoms with Crippen molar-refractivity contribution in [1.29, 1.82) is 0 Å². The second kappa shape index (κ2) is 10.2. The highest BCUT2D eigenvalue weighted by molar-refractivity contribution is 7.89. The molecule has 9 nitrogen and oxygen atoms in total. The monoisotopic (exact) mass is 568 g/mol. The summed E-state index contributed by atoms with van der Waals surface area (Å²) in [5.74, 6) is -2.19. The number of alkyl halides is 4. The van der Waals surface area contributed by atoms with E-state index in [2.05, 4.69) is 25.3 Å². The largest absolute Gasteiger partial charge is 0.451 e. The third-order valence-corrected chi connectivity index (χ3v) is 8.20. The van der Waals surface area contributed by atoms with E-state index in [1.54, 1.807) is 0 Å². The normalized spacial score (nSPS) is 20.2. The van der Waals surface area contributed by atoms with Crippen LogP contribution < -0.4 is 5.32 Å². The van der Waals surface area contributed by atoms with Crippen molar-refractivity contribution >= 4 is 15.9 Å². The van der Waals surface area contributed by atoms with E-state index in [4.69, 9.17) is 0 Å². The van der Waals surface area contributed by atoms with Crippen LogP contribution in [0.1, 0.15) is 42.5 Å². The van der Waals surface area contributed by atoms with Crippen LogP contribution in [-0.2, 0) is 27.5 Å².